The molecule has 0 aromatic heterocycles. The van der Waals surface area contributed by atoms with Crippen LogP contribution in [0.15, 0.2) is 11.8 Å². The SMILES string of the molecule is COC(=O)C1CC[C@H]2[C@@H]3CC=C4NC(=O)CC[C@]4(C)[C@@H]3CC[C@]12C. The van der Waals surface area contributed by atoms with E-state index in [-0.39, 0.29) is 28.6 Å². The van der Waals surface area contributed by atoms with Gasteiger partial charge in [0.15, 0.2) is 0 Å². The molecule has 1 saturated heterocycles. The van der Waals surface area contributed by atoms with Crippen LogP contribution in [0.5, 0.6) is 0 Å². The first-order valence-corrected chi connectivity index (χ1v) is 9.48. The monoisotopic (exact) mass is 331 g/mol. The molecule has 1 unspecified atom stereocenters. The number of fused-ring (bicyclic) bond motifs is 5. The summed E-state index contributed by atoms with van der Waals surface area (Å²) < 4.78 is 5.10. The van der Waals surface area contributed by atoms with Gasteiger partial charge in [0.25, 0.3) is 0 Å². The van der Waals surface area contributed by atoms with E-state index in [0.717, 1.165) is 38.5 Å². The summed E-state index contributed by atoms with van der Waals surface area (Å²) in [5.74, 6) is 2.10. The first-order chi connectivity index (χ1) is 11.4. The van der Waals surface area contributed by atoms with Crippen molar-refractivity contribution < 1.29 is 14.3 Å². The lowest BCUT2D eigenvalue weighted by atomic mass is 9.49. The Labute approximate surface area is 144 Å². The van der Waals surface area contributed by atoms with Crippen LogP contribution in [0.1, 0.15) is 58.8 Å². The topological polar surface area (TPSA) is 55.4 Å². The number of nitrogens with one attached hydrogen (secondary N) is 1. The van der Waals surface area contributed by atoms with Crippen molar-refractivity contribution in [3.05, 3.63) is 11.8 Å². The van der Waals surface area contributed by atoms with Crippen molar-refractivity contribution in [2.75, 3.05) is 7.11 Å². The lowest BCUT2D eigenvalue weighted by molar-refractivity contribution is -0.152. The van der Waals surface area contributed by atoms with Crippen LogP contribution in [-0.2, 0) is 14.3 Å². The van der Waals surface area contributed by atoms with E-state index in [2.05, 4.69) is 25.2 Å². The van der Waals surface area contributed by atoms with E-state index >= 15 is 0 Å². The van der Waals surface area contributed by atoms with Crippen molar-refractivity contribution in [1.82, 2.24) is 5.32 Å². The lowest BCUT2D eigenvalue weighted by Crippen LogP contribution is -2.53. The Hall–Kier alpha value is -1.32. The van der Waals surface area contributed by atoms with Gasteiger partial charge in [0.1, 0.15) is 0 Å². The molecule has 2 saturated carbocycles. The molecule has 3 fully saturated rings. The van der Waals surface area contributed by atoms with Crippen LogP contribution in [0, 0.1) is 34.5 Å². The number of carbonyl (C=O) groups is 2. The fourth-order valence-electron chi connectivity index (χ4n) is 6.72. The predicted octanol–water partition coefficient (Wildman–Crippen LogP) is 3.42. The van der Waals surface area contributed by atoms with Gasteiger partial charge in [-0.2, -0.15) is 0 Å². The fraction of sp³-hybridized carbons (Fsp3) is 0.800. The highest BCUT2D eigenvalue weighted by Gasteiger charge is 2.60. The van der Waals surface area contributed by atoms with E-state index in [0.29, 0.717) is 24.2 Å². The molecule has 0 aromatic carbocycles. The highest BCUT2D eigenvalue weighted by Crippen LogP contribution is 2.65. The summed E-state index contributed by atoms with van der Waals surface area (Å²) in [6.07, 6.45) is 9.33. The molecule has 4 rings (SSSR count). The Bertz CT molecular complexity index is 612. The molecule has 24 heavy (non-hydrogen) atoms. The van der Waals surface area contributed by atoms with Crippen LogP contribution in [-0.4, -0.2) is 19.0 Å². The summed E-state index contributed by atoms with van der Waals surface area (Å²) in [4.78, 5) is 24.1. The van der Waals surface area contributed by atoms with E-state index in [1.807, 2.05) is 0 Å². The fourth-order valence-corrected chi connectivity index (χ4v) is 6.72. The van der Waals surface area contributed by atoms with Crippen LogP contribution in [0.2, 0.25) is 0 Å². The van der Waals surface area contributed by atoms with Crippen molar-refractivity contribution in [3.63, 3.8) is 0 Å². The first-order valence-electron chi connectivity index (χ1n) is 9.48. The molecule has 3 aliphatic carbocycles. The molecular weight excluding hydrogens is 302 g/mol. The molecule has 0 bridgehead atoms. The molecule has 6 atom stereocenters. The second-order valence-electron chi connectivity index (χ2n) is 8.89. The van der Waals surface area contributed by atoms with E-state index < -0.39 is 0 Å². The smallest absolute Gasteiger partial charge is 0.309 e. The largest absolute Gasteiger partial charge is 0.469 e. The molecule has 4 aliphatic rings. The number of ether oxygens (including phenoxy) is 1. The number of piperidine rings is 1. The third kappa shape index (κ3) is 2.04. The van der Waals surface area contributed by atoms with Gasteiger partial charge >= 0.3 is 5.97 Å². The third-order valence-corrected chi connectivity index (χ3v) is 8.10. The van der Waals surface area contributed by atoms with Gasteiger partial charge < -0.3 is 10.1 Å². The summed E-state index contributed by atoms with van der Waals surface area (Å²) in [6.45, 7) is 4.68. The maximum Gasteiger partial charge on any atom is 0.309 e. The van der Waals surface area contributed by atoms with Crippen LogP contribution in [0.3, 0.4) is 0 Å². The van der Waals surface area contributed by atoms with Gasteiger partial charge in [-0.25, -0.2) is 0 Å². The van der Waals surface area contributed by atoms with Crippen LogP contribution >= 0.6 is 0 Å². The number of amides is 1. The highest BCUT2D eigenvalue weighted by molar-refractivity contribution is 5.79. The molecule has 1 amide bonds. The Morgan fingerprint density at radius 3 is 2.75 bits per heavy atom. The number of esters is 1. The summed E-state index contributed by atoms with van der Waals surface area (Å²) in [6, 6.07) is 0. The molecular formula is C20H29NO3. The average Bonchev–Trinajstić information content (AvgIpc) is 2.92. The summed E-state index contributed by atoms with van der Waals surface area (Å²) in [5, 5.41) is 3.15. The van der Waals surface area contributed by atoms with Gasteiger partial charge in [-0.05, 0) is 61.7 Å². The van der Waals surface area contributed by atoms with E-state index in [9.17, 15) is 9.59 Å². The molecule has 4 heteroatoms. The third-order valence-electron chi connectivity index (χ3n) is 8.10. The predicted molar refractivity (Wildman–Crippen MR) is 90.7 cm³/mol. The summed E-state index contributed by atoms with van der Waals surface area (Å²) in [5.41, 5.74) is 1.38. The minimum absolute atomic E-state index is 0.0124. The van der Waals surface area contributed by atoms with Gasteiger partial charge in [0.2, 0.25) is 5.91 Å². The minimum atomic E-state index is -0.0124. The normalized spacial score (nSPS) is 47.0. The quantitative estimate of drug-likeness (QED) is 0.749. The van der Waals surface area contributed by atoms with E-state index in [4.69, 9.17) is 4.74 Å². The van der Waals surface area contributed by atoms with E-state index in [1.54, 1.807) is 0 Å². The maximum absolute atomic E-state index is 12.3. The van der Waals surface area contributed by atoms with Crippen molar-refractivity contribution >= 4 is 11.9 Å². The van der Waals surface area contributed by atoms with Gasteiger partial charge in [-0.15, -0.1) is 0 Å². The zero-order chi connectivity index (χ0) is 17.1. The van der Waals surface area contributed by atoms with E-state index in [1.165, 1.54) is 12.8 Å². The van der Waals surface area contributed by atoms with Crippen LogP contribution < -0.4 is 5.32 Å². The second kappa shape index (κ2) is 5.34. The number of methoxy groups -OCH3 is 1. The van der Waals surface area contributed by atoms with Gasteiger partial charge in [-0.3, -0.25) is 9.59 Å². The zero-order valence-electron chi connectivity index (χ0n) is 15.1. The first kappa shape index (κ1) is 16.2. The molecule has 1 N–H and O–H groups in total. The zero-order valence-corrected chi connectivity index (χ0v) is 15.1. The molecule has 1 heterocycles. The minimum Gasteiger partial charge on any atom is -0.469 e. The van der Waals surface area contributed by atoms with Gasteiger partial charge in [0, 0.05) is 17.5 Å². The average molecular weight is 331 g/mol. The molecule has 1 aliphatic heterocycles. The second-order valence-corrected chi connectivity index (χ2v) is 8.89. The van der Waals surface area contributed by atoms with Crippen LogP contribution in [0.4, 0.5) is 0 Å². The van der Waals surface area contributed by atoms with Crippen molar-refractivity contribution in [2.24, 2.45) is 34.5 Å². The Balaban J connectivity index is 1.65. The van der Waals surface area contributed by atoms with Crippen molar-refractivity contribution in [1.29, 1.82) is 0 Å². The molecule has 0 aromatic rings. The van der Waals surface area contributed by atoms with Crippen LogP contribution in [0.25, 0.3) is 0 Å². The number of hydrogen-bond acceptors (Lipinski definition) is 3. The Kier molecular flexibility index (Phi) is 3.59. The number of hydrogen-bond donors (Lipinski definition) is 1. The number of allylic oxidation sites excluding steroid dienone is 2. The lowest BCUT2D eigenvalue weighted by Gasteiger charge is -2.57. The summed E-state index contributed by atoms with van der Waals surface area (Å²) in [7, 11) is 1.52. The molecule has 0 spiro atoms. The molecule has 132 valence electrons. The standard InChI is InChI=1S/C20H29NO3/c1-19-10-8-14-12(13(19)5-6-15(19)18(23)24-3)4-7-16-20(14,2)11-9-17(22)21-16/h7,12-15H,4-6,8-11H2,1-3H3,(H,21,22)/t12-,13-,14+,15?,19-,20+/m0/s1. The summed E-state index contributed by atoms with van der Waals surface area (Å²) >= 11 is 0. The number of carbonyl (C=O) groups excluding carboxylic acids is 2. The van der Waals surface area contributed by atoms with Crippen molar-refractivity contribution in [2.45, 2.75) is 58.8 Å². The Morgan fingerprint density at radius 2 is 2.00 bits per heavy atom. The molecule has 4 nitrogen and oxygen atoms in total. The van der Waals surface area contributed by atoms with Crippen molar-refractivity contribution in [3.8, 4) is 0 Å². The maximum atomic E-state index is 12.3. The highest BCUT2D eigenvalue weighted by atomic mass is 16.5. The number of rotatable bonds is 1. The Morgan fingerprint density at radius 1 is 1.21 bits per heavy atom. The van der Waals surface area contributed by atoms with Gasteiger partial charge in [-0.1, -0.05) is 19.9 Å². The molecule has 0 radical (unpaired) electrons. The van der Waals surface area contributed by atoms with Gasteiger partial charge in [0.05, 0.1) is 13.0 Å².